The number of carbonyl (C=O) groups excluding carboxylic acids is 2. The molecule has 2 amide bonds. The molecule has 1 aliphatic rings. The molecule has 156 valence electrons. The van der Waals surface area contributed by atoms with Gasteiger partial charge in [-0.1, -0.05) is 29.8 Å². The van der Waals surface area contributed by atoms with Gasteiger partial charge in [-0.25, -0.2) is 18.1 Å². The maximum Gasteiger partial charge on any atom is 0.282 e. The average molecular weight is 422 g/mol. The molecule has 4 nitrogen and oxygen atoms in total. The van der Waals surface area contributed by atoms with E-state index in [2.05, 4.69) is 5.32 Å². The summed E-state index contributed by atoms with van der Waals surface area (Å²) in [5, 5.41) is 2.81. The smallest absolute Gasteiger partial charge is 0.282 e. The highest BCUT2D eigenvalue weighted by atomic mass is 19.1. The first kappa shape index (κ1) is 20.4. The second-order valence-corrected chi connectivity index (χ2v) is 7.25. The van der Waals surface area contributed by atoms with Crippen molar-refractivity contribution >= 4 is 28.8 Å². The van der Waals surface area contributed by atoms with Crippen LogP contribution in [0, 0.1) is 31.3 Å². The summed E-state index contributed by atoms with van der Waals surface area (Å²) in [5.41, 5.74) is 1.96. The van der Waals surface area contributed by atoms with E-state index in [1.165, 1.54) is 24.3 Å². The minimum Gasteiger partial charge on any atom is -0.350 e. The lowest BCUT2D eigenvalue weighted by atomic mass is 9.97. The molecular weight excluding hydrogens is 405 g/mol. The number of hydrogen-bond acceptors (Lipinski definition) is 3. The maximum atomic E-state index is 14.4. The molecule has 31 heavy (non-hydrogen) atoms. The van der Waals surface area contributed by atoms with Crippen LogP contribution in [0.25, 0.3) is 5.57 Å². The zero-order valence-corrected chi connectivity index (χ0v) is 16.7. The molecule has 7 heteroatoms. The van der Waals surface area contributed by atoms with Gasteiger partial charge in [0.2, 0.25) is 0 Å². The first-order valence-corrected chi connectivity index (χ1v) is 9.44. The van der Waals surface area contributed by atoms with Gasteiger partial charge >= 0.3 is 0 Å². The van der Waals surface area contributed by atoms with Gasteiger partial charge < -0.3 is 5.32 Å². The SMILES string of the molecule is Cc1ccc(C2=C(Nc3cccc(F)c3)C(=O)N(c3ccc(F)cc3F)C2=O)c(C)c1. The van der Waals surface area contributed by atoms with E-state index in [1.54, 1.807) is 19.1 Å². The fourth-order valence-electron chi connectivity index (χ4n) is 3.58. The first-order valence-electron chi connectivity index (χ1n) is 9.44. The Hall–Kier alpha value is -3.87. The third-order valence-corrected chi connectivity index (χ3v) is 4.98. The molecule has 0 unspecified atom stereocenters. The Morgan fingerprint density at radius 1 is 0.806 bits per heavy atom. The number of rotatable bonds is 4. The largest absolute Gasteiger partial charge is 0.350 e. The molecule has 0 atom stereocenters. The second kappa shape index (κ2) is 7.75. The number of nitrogens with one attached hydrogen (secondary N) is 1. The zero-order chi connectivity index (χ0) is 22.3. The zero-order valence-electron chi connectivity index (χ0n) is 16.7. The number of benzene rings is 3. The van der Waals surface area contributed by atoms with Crippen molar-refractivity contribution in [1.29, 1.82) is 0 Å². The van der Waals surface area contributed by atoms with Gasteiger partial charge in [-0.15, -0.1) is 0 Å². The standard InChI is InChI=1S/C24H17F3N2O2/c1-13-6-8-18(14(2)10-13)21-22(28-17-5-3-4-15(25)11-17)24(31)29(23(21)30)20-9-7-16(26)12-19(20)27/h3-12,28H,1-2H3. The average Bonchev–Trinajstić information content (AvgIpc) is 2.93. The Morgan fingerprint density at radius 2 is 1.55 bits per heavy atom. The number of halogens is 3. The topological polar surface area (TPSA) is 49.4 Å². The van der Waals surface area contributed by atoms with E-state index in [0.29, 0.717) is 16.5 Å². The van der Waals surface area contributed by atoms with Crippen molar-refractivity contribution in [2.24, 2.45) is 0 Å². The van der Waals surface area contributed by atoms with Crippen LogP contribution in [0.2, 0.25) is 0 Å². The second-order valence-electron chi connectivity index (χ2n) is 7.25. The van der Waals surface area contributed by atoms with Gasteiger partial charge in [0.25, 0.3) is 11.8 Å². The molecule has 0 radical (unpaired) electrons. The summed E-state index contributed by atoms with van der Waals surface area (Å²) in [6.45, 7) is 3.67. The molecule has 3 aromatic carbocycles. The van der Waals surface area contributed by atoms with Crippen molar-refractivity contribution in [3.63, 3.8) is 0 Å². The third-order valence-electron chi connectivity index (χ3n) is 4.98. The van der Waals surface area contributed by atoms with Crippen LogP contribution in [-0.4, -0.2) is 11.8 Å². The predicted octanol–water partition coefficient (Wildman–Crippen LogP) is 5.12. The summed E-state index contributed by atoms with van der Waals surface area (Å²) >= 11 is 0. The van der Waals surface area contributed by atoms with E-state index < -0.39 is 29.3 Å². The van der Waals surface area contributed by atoms with Crippen LogP contribution in [0.15, 0.2) is 66.4 Å². The number of amides is 2. The van der Waals surface area contributed by atoms with Crippen molar-refractivity contribution in [2.45, 2.75) is 13.8 Å². The van der Waals surface area contributed by atoms with Crippen molar-refractivity contribution in [3.05, 3.63) is 101 Å². The lowest BCUT2D eigenvalue weighted by Gasteiger charge is -2.16. The summed E-state index contributed by atoms with van der Waals surface area (Å²) in [7, 11) is 0. The maximum absolute atomic E-state index is 14.4. The molecule has 4 rings (SSSR count). The summed E-state index contributed by atoms with van der Waals surface area (Å²) < 4.78 is 41.5. The number of carbonyl (C=O) groups is 2. The molecule has 1 heterocycles. The summed E-state index contributed by atoms with van der Waals surface area (Å²) in [4.78, 5) is 27.2. The van der Waals surface area contributed by atoms with E-state index in [0.717, 1.165) is 23.3 Å². The Labute approximate surface area is 176 Å². The molecule has 0 saturated carbocycles. The van der Waals surface area contributed by atoms with E-state index in [4.69, 9.17) is 0 Å². The molecule has 1 N–H and O–H groups in total. The minimum atomic E-state index is -1.05. The van der Waals surface area contributed by atoms with Crippen LogP contribution in [0.5, 0.6) is 0 Å². The fraction of sp³-hybridized carbons (Fsp3) is 0.0833. The Kier molecular flexibility index (Phi) is 5.10. The Morgan fingerprint density at radius 3 is 2.23 bits per heavy atom. The van der Waals surface area contributed by atoms with Crippen molar-refractivity contribution < 1.29 is 22.8 Å². The monoisotopic (exact) mass is 422 g/mol. The van der Waals surface area contributed by atoms with Gasteiger partial charge in [-0.2, -0.15) is 0 Å². The van der Waals surface area contributed by atoms with Crippen LogP contribution in [0.1, 0.15) is 16.7 Å². The van der Waals surface area contributed by atoms with Gasteiger partial charge in [0.15, 0.2) is 0 Å². The number of aryl methyl sites for hydroxylation is 2. The molecule has 0 aromatic heterocycles. The molecule has 0 fully saturated rings. The summed E-state index contributed by atoms with van der Waals surface area (Å²) in [5.74, 6) is -4.00. The third kappa shape index (κ3) is 3.70. The highest BCUT2D eigenvalue weighted by Crippen LogP contribution is 2.36. The van der Waals surface area contributed by atoms with Gasteiger partial charge in [0, 0.05) is 11.8 Å². The number of hydrogen-bond donors (Lipinski definition) is 1. The van der Waals surface area contributed by atoms with E-state index in [1.807, 2.05) is 13.0 Å². The van der Waals surface area contributed by atoms with Gasteiger partial charge in [0.05, 0.1) is 11.3 Å². The molecule has 1 aliphatic heterocycles. The van der Waals surface area contributed by atoms with Crippen molar-refractivity contribution in [3.8, 4) is 0 Å². The quantitative estimate of drug-likeness (QED) is 0.594. The molecule has 0 spiro atoms. The van der Waals surface area contributed by atoms with Crippen LogP contribution in [-0.2, 0) is 9.59 Å². The Balaban J connectivity index is 1.88. The van der Waals surface area contributed by atoms with Crippen LogP contribution in [0.3, 0.4) is 0 Å². The van der Waals surface area contributed by atoms with Crippen molar-refractivity contribution in [2.75, 3.05) is 10.2 Å². The lowest BCUT2D eigenvalue weighted by molar-refractivity contribution is -0.120. The highest BCUT2D eigenvalue weighted by Gasteiger charge is 2.41. The summed E-state index contributed by atoms with van der Waals surface area (Å²) in [6, 6.07) is 13.3. The van der Waals surface area contributed by atoms with Crippen LogP contribution >= 0.6 is 0 Å². The van der Waals surface area contributed by atoms with Gasteiger partial charge in [0.1, 0.15) is 23.1 Å². The van der Waals surface area contributed by atoms with Crippen molar-refractivity contribution in [1.82, 2.24) is 0 Å². The van der Waals surface area contributed by atoms with E-state index in [-0.39, 0.29) is 22.6 Å². The molecule has 0 saturated heterocycles. The predicted molar refractivity (Wildman–Crippen MR) is 112 cm³/mol. The first-order chi connectivity index (χ1) is 14.8. The number of nitrogens with zero attached hydrogens (tertiary/aromatic N) is 1. The van der Waals surface area contributed by atoms with Crippen LogP contribution in [0.4, 0.5) is 24.5 Å². The molecule has 3 aromatic rings. The Bertz CT molecular complexity index is 1270. The summed E-state index contributed by atoms with van der Waals surface area (Å²) in [6.07, 6.45) is 0. The van der Waals surface area contributed by atoms with E-state index in [9.17, 15) is 22.8 Å². The fourth-order valence-corrected chi connectivity index (χ4v) is 3.58. The molecule has 0 bridgehead atoms. The van der Waals surface area contributed by atoms with Gasteiger partial charge in [-0.05, 0) is 55.3 Å². The highest BCUT2D eigenvalue weighted by molar-refractivity contribution is 6.46. The van der Waals surface area contributed by atoms with E-state index >= 15 is 0 Å². The lowest BCUT2D eigenvalue weighted by Crippen LogP contribution is -2.33. The number of anilines is 2. The normalized spacial score (nSPS) is 13.9. The van der Waals surface area contributed by atoms with Gasteiger partial charge in [-0.3, -0.25) is 9.59 Å². The van der Waals surface area contributed by atoms with Crippen LogP contribution < -0.4 is 10.2 Å². The molecular formula is C24H17F3N2O2. The minimum absolute atomic E-state index is 0.0236. The molecule has 0 aliphatic carbocycles. The number of imide groups is 1.